The van der Waals surface area contributed by atoms with Crippen LogP contribution in [0.25, 0.3) is 33.1 Å². The molecule has 1 aliphatic rings. The lowest BCUT2D eigenvalue weighted by Crippen LogP contribution is -2.29. The molecule has 0 aliphatic carbocycles. The minimum absolute atomic E-state index is 0.283. The molecule has 2 aromatic heterocycles. The van der Waals surface area contributed by atoms with Crippen LogP contribution in [0.4, 0.5) is 23.0 Å². The van der Waals surface area contributed by atoms with Gasteiger partial charge in [-0.15, -0.1) is 0 Å². The Kier molecular flexibility index (Phi) is 8.36. The minimum Gasteiger partial charge on any atom is -0.372 e. The summed E-state index contributed by atoms with van der Waals surface area (Å²) in [6.07, 6.45) is 10.5. The highest BCUT2D eigenvalue weighted by molar-refractivity contribution is 6.02. The summed E-state index contributed by atoms with van der Waals surface area (Å²) in [4.78, 5) is 29.6. The van der Waals surface area contributed by atoms with Crippen LogP contribution in [-0.4, -0.2) is 59.6 Å². The molecule has 3 heterocycles. The van der Waals surface area contributed by atoms with Gasteiger partial charge in [0.05, 0.1) is 29.2 Å². The fourth-order valence-electron chi connectivity index (χ4n) is 5.37. The molecule has 0 radical (unpaired) electrons. The molecule has 1 aliphatic heterocycles. The van der Waals surface area contributed by atoms with E-state index >= 15 is 0 Å². The van der Waals surface area contributed by atoms with Gasteiger partial charge in [0.25, 0.3) is 0 Å². The molecule has 214 valence electrons. The lowest BCUT2D eigenvalue weighted by atomic mass is 10.0. The van der Waals surface area contributed by atoms with E-state index in [-0.39, 0.29) is 5.91 Å². The maximum atomic E-state index is 12.3. The third-order valence-corrected chi connectivity index (χ3v) is 7.55. The highest BCUT2D eigenvalue weighted by Gasteiger charge is 2.20. The summed E-state index contributed by atoms with van der Waals surface area (Å²) in [6.45, 7) is 15.5. The Hall–Kier alpha value is -4.94. The van der Waals surface area contributed by atoms with Crippen LogP contribution in [0.5, 0.6) is 0 Å². The van der Waals surface area contributed by atoms with Gasteiger partial charge in [0.15, 0.2) is 6.20 Å². The number of hydrogen-bond acceptors (Lipinski definition) is 6. The number of benzene rings is 2. The van der Waals surface area contributed by atoms with E-state index in [0.717, 1.165) is 71.6 Å². The second kappa shape index (κ2) is 12.3. The summed E-state index contributed by atoms with van der Waals surface area (Å²) in [5.74, 6) is 0.143. The van der Waals surface area contributed by atoms with Crippen molar-refractivity contribution in [1.29, 1.82) is 0 Å². The number of para-hydroxylation sites is 1. The summed E-state index contributed by atoms with van der Waals surface area (Å²) in [7, 11) is 6.08. The molecule has 0 bridgehead atoms. The Morgan fingerprint density at radius 2 is 2.05 bits per heavy atom. The summed E-state index contributed by atoms with van der Waals surface area (Å²) in [6, 6.07) is 10.4. The third kappa shape index (κ3) is 5.90. The van der Waals surface area contributed by atoms with E-state index in [0.29, 0.717) is 11.6 Å². The van der Waals surface area contributed by atoms with E-state index in [1.807, 2.05) is 34.1 Å². The van der Waals surface area contributed by atoms with Crippen LogP contribution < -0.4 is 15.5 Å². The van der Waals surface area contributed by atoms with Crippen LogP contribution in [0, 0.1) is 13.5 Å². The van der Waals surface area contributed by atoms with Crippen molar-refractivity contribution >= 4 is 45.9 Å². The molecule has 0 fully saturated rings. The van der Waals surface area contributed by atoms with Gasteiger partial charge >= 0.3 is 0 Å². The highest BCUT2D eigenvalue weighted by atomic mass is 16.1. The molecule has 42 heavy (non-hydrogen) atoms. The number of amides is 1. The van der Waals surface area contributed by atoms with Crippen LogP contribution in [0.15, 0.2) is 61.6 Å². The second-order valence-corrected chi connectivity index (χ2v) is 10.8. The predicted molar refractivity (Wildman–Crippen MR) is 172 cm³/mol. The van der Waals surface area contributed by atoms with Crippen LogP contribution in [0.1, 0.15) is 23.1 Å². The number of carbonyl (C=O) groups is 1. The SMILES string of the molecule is [C-]#[N+]/C=C\c1cnc(Nc2cc(NC(=O)C=C)c(N(C)CCN(C)C)cc2C)nc1-c1cn2c3c(cccc13)CCC2. The average molecular weight is 561 g/mol. The van der Waals surface area contributed by atoms with Crippen molar-refractivity contribution in [1.82, 2.24) is 19.4 Å². The molecule has 0 saturated heterocycles. The van der Waals surface area contributed by atoms with E-state index in [1.54, 1.807) is 12.3 Å². The monoisotopic (exact) mass is 560 g/mol. The van der Waals surface area contributed by atoms with E-state index in [2.05, 4.69) is 71.9 Å². The number of aromatic nitrogens is 3. The lowest BCUT2D eigenvalue weighted by Gasteiger charge is -2.25. The zero-order valence-electron chi connectivity index (χ0n) is 24.6. The van der Waals surface area contributed by atoms with Gasteiger partial charge in [-0.3, -0.25) is 4.79 Å². The normalized spacial score (nSPS) is 12.5. The van der Waals surface area contributed by atoms with E-state index in [4.69, 9.17) is 11.6 Å². The average Bonchev–Trinajstić information content (AvgIpc) is 3.36. The van der Waals surface area contributed by atoms with Crippen LogP contribution in [0.2, 0.25) is 0 Å². The van der Waals surface area contributed by atoms with Crippen LogP contribution in [0.3, 0.4) is 0 Å². The zero-order chi connectivity index (χ0) is 29.8. The largest absolute Gasteiger partial charge is 0.372 e. The molecule has 2 aromatic carbocycles. The molecule has 9 nitrogen and oxygen atoms in total. The number of hydrogen-bond donors (Lipinski definition) is 2. The first-order valence-corrected chi connectivity index (χ1v) is 14.0. The van der Waals surface area contributed by atoms with E-state index in [1.165, 1.54) is 23.4 Å². The van der Waals surface area contributed by atoms with Crippen molar-refractivity contribution in [3.63, 3.8) is 0 Å². The zero-order valence-corrected chi connectivity index (χ0v) is 24.6. The predicted octanol–water partition coefficient (Wildman–Crippen LogP) is 6.11. The second-order valence-electron chi connectivity index (χ2n) is 10.8. The topological polar surface area (TPSA) is 82.7 Å². The number of carbonyl (C=O) groups excluding carboxylic acids is 1. The van der Waals surface area contributed by atoms with E-state index in [9.17, 15) is 4.79 Å². The van der Waals surface area contributed by atoms with Crippen molar-refractivity contribution in [3.8, 4) is 11.3 Å². The molecule has 0 saturated carbocycles. The molecule has 2 N–H and O–H groups in total. The highest BCUT2D eigenvalue weighted by Crippen LogP contribution is 2.37. The maximum Gasteiger partial charge on any atom is 0.247 e. The Labute approximate surface area is 247 Å². The number of nitrogens with one attached hydrogen (secondary N) is 2. The van der Waals surface area contributed by atoms with Crippen molar-refractivity contribution in [2.24, 2.45) is 0 Å². The van der Waals surface area contributed by atoms with Crippen LogP contribution in [-0.2, 0) is 17.8 Å². The molecular weight excluding hydrogens is 524 g/mol. The summed E-state index contributed by atoms with van der Waals surface area (Å²) >= 11 is 0. The first-order chi connectivity index (χ1) is 20.3. The van der Waals surface area contributed by atoms with E-state index < -0.39 is 0 Å². The van der Waals surface area contributed by atoms with Gasteiger partial charge in [-0.25, -0.2) is 14.8 Å². The molecule has 5 rings (SSSR count). The molecule has 4 aromatic rings. The lowest BCUT2D eigenvalue weighted by molar-refractivity contribution is -0.111. The van der Waals surface area contributed by atoms with Gasteiger partial charge in [-0.1, -0.05) is 30.9 Å². The fourth-order valence-corrected chi connectivity index (χ4v) is 5.37. The Bertz CT molecular complexity index is 1730. The number of likely N-dealkylation sites (N-methyl/N-ethyl adjacent to an activating group) is 2. The molecule has 0 spiro atoms. The van der Waals surface area contributed by atoms with Gasteiger partial charge < -0.3 is 25.0 Å². The fraction of sp³-hybridized carbons (Fsp3) is 0.273. The number of rotatable bonds is 10. The maximum absolute atomic E-state index is 12.3. The quantitative estimate of drug-likeness (QED) is 0.180. The molecular formula is C33H36N8O. The van der Waals surface area contributed by atoms with Crippen molar-refractivity contribution in [2.45, 2.75) is 26.3 Å². The van der Waals surface area contributed by atoms with Crippen molar-refractivity contribution < 1.29 is 4.79 Å². The Balaban J connectivity index is 1.56. The van der Waals surface area contributed by atoms with Gasteiger partial charge in [-0.05, 0) is 63.2 Å². The molecule has 0 unspecified atom stereocenters. The van der Waals surface area contributed by atoms with Gasteiger partial charge in [-0.2, -0.15) is 0 Å². The number of anilines is 4. The van der Waals surface area contributed by atoms with Gasteiger partial charge in [0, 0.05) is 61.3 Å². The Morgan fingerprint density at radius 3 is 2.81 bits per heavy atom. The van der Waals surface area contributed by atoms with Crippen molar-refractivity contribution in [2.75, 3.05) is 49.8 Å². The smallest absolute Gasteiger partial charge is 0.247 e. The summed E-state index contributed by atoms with van der Waals surface area (Å²) in [5.41, 5.74) is 8.46. The molecule has 1 amide bonds. The number of nitrogens with zero attached hydrogens (tertiary/aromatic N) is 6. The van der Waals surface area contributed by atoms with Gasteiger partial charge in [0.2, 0.25) is 11.9 Å². The third-order valence-electron chi connectivity index (χ3n) is 7.55. The first kappa shape index (κ1) is 28.6. The standard InChI is InChI=1S/C33H36N8O/c1-7-30(42)36-28-19-27(22(2)18-29(28)40(6)17-16-39(4)5)37-33-35-20-24(13-14-34-3)31(38-33)26-21-41-15-9-11-23-10-8-12-25(26)32(23)41/h7-8,10,12-14,18-21H,1,9,11,15-17H2,2,4-6H3,(H,36,42)(H,35,37,38)/b14-13-. The summed E-state index contributed by atoms with van der Waals surface area (Å²) < 4.78 is 2.31. The van der Waals surface area contributed by atoms with Gasteiger partial charge in [0.1, 0.15) is 0 Å². The number of aryl methyl sites for hydroxylation is 3. The van der Waals surface area contributed by atoms with Crippen molar-refractivity contribution in [3.05, 3.63) is 89.7 Å². The Morgan fingerprint density at radius 1 is 1.21 bits per heavy atom. The molecule has 0 atom stereocenters. The molecule has 9 heteroatoms. The van der Waals surface area contributed by atoms with Crippen LogP contribution >= 0.6 is 0 Å². The summed E-state index contributed by atoms with van der Waals surface area (Å²) in [5, 5.41) is 7.49. The first-order valence-electron chi connectivity index (χ1n) is 14.0. The minimum atomic E-state index is -0.283.